The first-order valence-electron chi connectivity index (χ1n) is 9.51. The third kappa shape index (κ3) is 2.14. The number of amides is 2. The second kappa shape index (κ2) is 5.32. The molecule has 0 aliphatic heterocycles. The molecule has 26 heavy (non-hydrogen) atoms. The first kappa shape index (κ1) is 15.9. The van der Waals surface area contributed by atoms with Crippen LogP contribution in [0.4, 0.5) is 5.69 Å². The molecule has 4 fully saturated rings. The molecule has 5 aliphatic rings. The van der Waals surface area contributed by atoms with E-state index in [0.717, 1.165) is 55.5 Å². The normalized spacial score (nSPS) is 36.2. The molecule has 0 aromatic carbocycles. The molecule has 1 aromatic heterocycles. The minimum atomic E-state index is -0.458. The first-order valence-corrected chi connectivity index (χ1v) is 9.51. The smallest absolute Gasteiger partial charge is 0.252 e. The second-order valence-corrected chi connectivity index (χ2v) is 8.66. The Kier molecular flexibility index (Phi) is 3.24. The number of hydrogen-bond donors (Lipinski definition) is 3. The Labute approximate surface area is 152 Å². The summed E-state index contributed by atoms with van der Waals surface area (Å²) in [6.45, 7) is 0. The zero-order chi connectivity index (χ0) is 18.1. The van der Waals surface area contributed by atoms with Crippen molar-refractivity contribution in [1.82, 2.24) is 4.98 Å². The number of rotatable bonds is 4. The Morgan fingerprint density at radius 3 is 2.54 bits per heavy atom. The maximum Gasteiger partial charge on any atom is 0.252 e. The molecule has 5 atom stereocenters. The minimum Gasteiger partial charge on any atom is -0.381 e. The number of aromatic nitrogens is 1. The van der Waals surface area contributed by atoms with Gasteiger partial charge in [-0.3, -0.25) is 14.6 Å². The summed E-state index contributed by atoms with van der Waals surface area (Å²) in [5, 5.41) is 3.69. The first-order chi connectivity index (χ1) is 12.5. The molecule has 0 saturated heterocycles. The highest BCUT2D eigenvalue weighted by atomic mass is 16.1. The summed E-state index contributed by atoms with van der Waals surface area (Å²) in [5.74, 6) is 0.866. The van der Waals surface area contributed by atoms with Crippen LogP contribution in [0.3, 0.4) is 0 Å². The van der Waals surface area contributed by atoms with Crippen molar-refractivity contribution in [3.05, 3.63) is 29.1 Å². The van der Waals surface area contributed by atoms with Gasteiger partial charge in [0.25, 0.3) is 5.91 Å². The van der Waals surface area contributed by atoms with Crippen LogP contribution in [0.25, 0.3) is 6.08 Å². The molecule has 136 valence electrons. The number of pyridine rings is 1. The minimum absolute atomic E-state index is 0.124. The van der Waals surface area contributed by atoms with Crippen molar-refractivity contribution < 1.29 is 9.59 Å². The summed E-state index contributed by atoms with van der Waals surface area (Å²) in [5.41, 5.74) is 14.3. The molecule has 5 N–H and O–H groups in total. The van der Waals surface area contributed by atoms with Gasteiger partial charge < -0.3 is 16.8 Å². The SMILES string of the molecule is NC(=O)c1cnc2c(c1NC1[C@@H]3CC4C[C@H]1CC(C(N)=O)(C4)C3)C=CC2. The Morgan fingerprint density at radius 2 is 1.88 bits per heavy atom. The van der Waals surface area contributed by atoms with Gasteiger partial charge in [-0.05, 0) is 49.9 Å². The number of anilines is 1. The summed E-state index contributed by atoms with van der Waals surface area (Å²) in [7, 11) is 0. The van der Waals surface area contributed by atoms with Gasteiger partial charge in [-0.15, -0.1) is 0 Å². The highest BCUT2D eigenvalue weighted by molar-refractivity contribution is 6.00. The second-order valence-electron chi connectivity index (χ2n) is 8.66. The van der Waals surface area contributed by atoms with E-state index in [1.54, 1.807) is 6.20 Å². The van der Waals surface area contributed by atoms with E-state index >= 15 is 0 Å². The van der Waals surface area contributed by atoms with Crippen molar-refractivity contribution in [2.24, 2.45) is 34.6 Å². The van der Waals surface area contributed by atoms with Crippen molar-refractivity contribution in [3.8, 4) is 0 Å². The van der Waals surface area contributed by atoms with Crippen LogP contribution in [0.5, 0.6) is 0 Å². The van der Waals surface area contributed by atoms with Gasteiger partial charge in [-0.1, -0.05) is 12.2 Å². The quantitative estimate of drug-likeness (QED) is 0.767. The molecular weight excluding hydrogens is 328 g/mol. The van der Waals surface area contributed by atoms with Gasteiger partial charge in [0.15, 0.2) is 0 Å². The zero-order valence-corrected chi connectivity index (χ0v) is 14.7. The van der Waals surface area contributed by atoms with Gasteiger partial charge >= 0.3 is 0 Å². The van der Waals surface area contributed by atoms with Crippen LogP contribution < -0.4 is 16.8 Å². The van der Waals surface area contributed by atoms with E-state index in [9.17, 15) is 9.59 Å². The topological polar surface area (TPSA) is 111 Å². The predicted octanol–water partition coefficient (Wildman–Crippen LogP) is 1.84. The maximum absolute atomic E-state index is 12.1. The molecule has 0 spiro atoms. The van der Waals surface area contributed by atoms with E-state index in [4.69, 9.17) is 11.5 Å². The third-order valence-corrected chi connectivity index (χ3v) is 7.17. The van der Waals surface area contributed by atoms with Gasteiger partial charge in [-0.2, -0.15) is 0 Å². The summed E-state index contributed by atoms with van der Waals surface area (Å²) >= 11 is 0. The maximum atomic E-state index is 12.1. The van der Waals surface area contributed by atoms with E-state index in [-0.39, 0.29) is 17.4 Å². The Balaban J connectivity index is 1.50. The molecule has 5 aliphatic carbocycles. The third-order valence-electron chi connectivity index (χ3n) is 7.17. The Hall–Kier alpha value is -2.37. The van der Waals surface area contributed by atoms with Crippen molar-refractivity contribution in [2.75, 3.05) is 5.32 Å². The molecule has 1 aromatic rings. The van der Waals surface area contributed by atoms with Crippen LogP contribution in [-0.4, -0.2) is 22.8 Å². The number of primary amides is 2. The van der Waals surface area contributed by atoms with E-state index in [1.807, 2.05) is 6.08 Å². The molecule has 1 heterocycles. The number of nitrogens with one attached hydrogen (secondary N) is 1. The fourth-order valence-corrected chi connectivity index (χ4v) is 6.27. The van der Waals surface area contributed by atoms with Crippen LogP contribution in [-0.2, 0) is 11.2 Å². The number of carbonyl (C=O) groups excluding carboxylic acids is 2. The fraction of sp³-hybridized carbons (Fsp3) is 0.550. The molecule has 4 bridgehead atoms. The zero-order valence-electron chi connectivity index (χ0n) is 14.7. The van der Waals surface area contributed by atoms with E-state index < -0.39 is 5.91 Å². The molecule has 4 saturated carbocycles. The predicted molar refractivity (Wildman–Crippen MR) is 98.1 cm³/mol. The van der Waals surface area contributed by atoms with Crippen LogP contribution in [0, 0.1) is 23.2 Å². The van der Waals surface area contributed by atoms with Crippen molar-refractivity contribution in [3.63, 3.8) is 0 Å². The van der Waals surface area contributed by atoms with Gasteiger partial charge in [0.05, 0.1) is 16.9 Å². The fourth-order valence-electron chi connectivity index (χ4n) is 6.27. The Bertz CT molecular complexity index is 830. The van der Waals surface area contributed by atoms with Crippen LogP contribution >= 0.6 is 0 Å². The molecule has 3 unspecified atom stereocenters. The van der Waals surface area contributed by atoms with Crippen LogP contribution in [0.1, 0.15) is 53.7 Å². The monoisotopic (exact) mass is 352 g/mol. The molecule has 6 rings (SSSR count). The Morgan fingerprint density at radius 1 is 1.15 bits per heavy atom. The summed E-state index contributed by atoms with van der Waals surface area (Å²) in [4.78, 5) is 28.5. The summed E-state index contributed by atoms with van der Waals surface area (Å²) in [6, 6.07) is 0.262. The van der Waals surface area contributed by atoms with E-state index in [2.05, 4.69) is 16.4 Å². The van der Waals surface area contributed by atoms with Crippen molar-refractivity contribution in [1.29, 1.82) is 0 Å². The number of fused-ring (bicyclic) bond motifs is 1. The van der Waals surface area contributed by atoms with Gasteiger partial charge in [0.2, 0.25) is 5.91 Å². The lowest BCUT2D eigenvalue weighted by atomic mass is 9.47. The summed E-state index contributed by atoms with van der Waals surface area (Å²) in [6.07, 6.45) is 11.4. The van der Waals surface area contributed by atoms with E-state index in [0.29, 0.717) is 23.3 Å². The molecule has 6 nitrogen and oxygen atoms in total. The largest absolute Gasteiger partial charge is 0.381 e. The number of carbonyl (C=O) groups is 2. The standard InChI is InChI=1S/C20H24N4O2/c21-18(25)14-9-23-15-3-1-2-13(15)17(14)24-16-11-4-10-5-12(16)8-20(6-10,7-11)19(22)26/h1-2,9-12,16H,3-8H2,(H2,21,25)(H2,22,26)(H,23,24)/t10?,11-,12+,16?,20?. The highest BCUT2D eigenvalue weighted by Gasteiger charge is 2.58. The number of hydrogen-bond acceptors (Lipinski definition) is 4. The van der Waals surface area contributed by atoms with Crippen molar-refractivity contribution in [2.45, 2.75) is 44.6 Å². The van der Waals surface area contributed by atoms with Gasteiger partial charge in [0.1, 0.15) is 0 Å². The number of allylic oxidation sites excluding steroid dienone is 1. The summed E-state index contributed by atoms with van der Waals surface area (Å²) < 4.78 is 0. The molecule has 2 amide bonds. The average Bonchev–Trinajstić information content (AvgIpc) is 3.06. The van der Waals surface area contributed by atoms with Crippen LogP contribution in [0.15, 0.2) is 12.3 Å². The molecule has 0 radical (unpaired) electrons. The highest BCUT2D eigenvalue weighted by Crippen LogP contribution is 2.60. The molecule has 6 heteroatoms. The lowest BCUT2D eigenvalue weighted by Crippen LogP contribution is -2.59. The van der Waals surface area contributed by atoms with Crippen molar-refractivity contribution >= 4 is 23.6 Å². The lowest BCUT2D eigenvalue weighted by Gasteiger charge is -2.59. The average molecular weight is 352 g/mol. The van der Waals surface area contributed by atoms with Gasteiger partial charge in [0, 0.05) is 29.6 Å². The van der Waals surface area contributed by atoms with Gasteiger partial charge in [-0.25, -0.2) is 0 Å². The lowest BCUT2D eigenvalue weighted by molar-refractivity contribution is -0.143. The molecular formula is C20H24N4O2. The van der Waals surface area contributed by atoms with Crippen LogP contribution in [0.2, 0.25) is 0 Å². The number of nitrogens with two attached hydrogens (primary N) is 2. The van der Waals surface area contributed by atoms with E-state index in [1.165, 1.54) is 0 Å². The number of nitrogens with zero attached hydrogens (tertiary/aromatic N) is 1.